The van der Waals surface area contributed by atoms with E-state index in [0.717, 1.165) is 29.5 Å². The molecule has 7 nitrogen and oxygen atoms in total. The fourth-order valence-electron chi connectivity index (χ4n) is 5.42. The van der Waals surface area contributed by atoms with Gasteiger partial charge in [0.05, 0.1) is 11.4 Å². The van der Waals surface area contributed by atoms with E-state index in [1.807, 2.05) is 49.9 Å². The molecule has 0 saturated carbocycles. The molecule has 1 aromatic heterocycles. The number of benzene rings is 3. The van der Waals surface area contributed by atoms with E-state index in [9.17, 15) is 17.6 Å². The summed E-state index contributed by atoms with van der Waals surface area (Å²) in [6.07, 6.45) is 5.94. The maximum absolute atomic E-state index is 14.5. The molecule has 0 saturated heterocycles. The van der Waals surface area contributed by atoms with Gasteiger partial charge in [-0.2, -0.15) is 0 Å². The Balaban J connectivity index is 1.46. The molecule has 0 aliphatic heterocycles. The minimum absolute atomic E-state index is 0.103. The normalized spacial score (nSPS) is 15.8. The van der Waals surface area contributed by atoms with E-state index in [1.54, 1.807) is 53.6 Å². The summed E-state index contributed by atoms with van der Waals surface area (Å²) in [7, 11) is -1.87. The zero-order valence-electron chi connectivity index (χ0n) is 23.5. The van der Waals surface area contributed by atoms with Crippen molar-refractivity contribution < 1.29 is 17.6 Å². The third-order valence-electron chi connectivity index (χ3n) is 7.82. The Morgan fingerprint density at radius 3 is 2.61 bits per heavy atom. The number of carbonyl (C=O) groups excluding carboxylic acids is 1. The van der Waals surface area contributed by atoms with Gasteiger partial charge < -0.3 is 9.47 Å². The second kappa shape index (κ2) is 12.0. The molecule has 0 spiro atoms. The van der Waals surface area contributed by atoms with Crippen LogP contribution in [0, 0.1) is 12.7 Å². The van der Waals surface area contributed by atoms with Crippen molar-refractivity contribution in [3.05, 3.63) is 113 Å². The van der Waals surface area contributed by atoms with Gasteiger partial charge in [-0.3, -0.25) is 4.79 Å². The Morgan fingerprint density at radius 1 is 1.15 bits per heavy atom. The number of carbonyl (C=O) groups is 1. The monoisotopic (exact) mass is 574 g/mol. The molecule has 4 aromatic rings. The molecule has 3 aromatic carbocycles. The number of amides is 1. The van der Waals surface area contributed by atoms with E-state index < -0.39 is 16.1 Å². The predicted molar refractivity (Wildman–Crippen MR) is 157 cm³/mol. The third kappa shape index (κ3) is 6.41. The van der Waals surface area contributed by atoms with E-state index in [2.05, 4.69) is 9.71 Å². The zero-order valence-corrected chi connectivity index (χ0v) is 24.4. The Bertz CT molecular complexity index is 1650. The maximum Gasteiger partial charge on any atom is 0.241 e. The summed E-state index contributed by atoms with van der Waals surface area (Å²) < 4.78 is 45.8. The van der Waals surface area contributed by atoms with Crippen LogP contribution in [0.3, 0.4) is 0 Å². The number of sulfonamides is 1. The van der Waals surface area contributed by atoms with Gasteiger partial charge >= 0.3 is 0 Å². The lowest BCUT2D eigenvalue weighted by molar-refractivity contribution is -0.119. The molecule has 1 amide bonds. The summed E-state index contributed by atoms with van der Waals surface area (Å²) in [6, 6.07) is 18.7. The molecular formula is C32H35FN4O3S. The van der Waals surface area contributed by atoms with Crippen molar-refractivity contribution in [2.45, 2.75) is 62.9 Å². The molecule has 5 rings (SSSR count). The van der Waals surface area contributed by atoms with Crippen LogP contribution in [0.15, 0.2) is 84.0 Å². The summed E-state index contributed by atoms with van der Waals surface area (Å²) in [6.45, 7) is 3.99. The number of aromatic nitrogens is 2. The molecule has 0 radical (unpaired) electrons. The fraction of sp³-hybridized carbons (Fsp3) is 0.312. The average Bonchev–Trinajstić information content (AvgIpc) is 3.36. The molecular weight excluding hydrogens is 539 g/mol. The number of nitrogens with zero attached hydrogens (tertiary/aromatic N) is 3. The Kier molecular flexibility index (Phi) is 8.37. The SMILES string of the molecule is Cc1ccc(S(=O)(=O)N[C@H]2CCCc3ccc(N(Cc4nccn4C)C(=O)C[C@H](C)c4ccccc4F)cc32)cc1. The van der Waals surface area contributed by atoms with Crippen LogP contribution < -0.4 is 9.62 Å². The molecule has 214 valence electrons. The van der Waals surface area contributed by atoms with Gasteiger partial charge in [-0.25, -0.2) is 22.5 Å². The van der Waals surface area contributed by atoms with Crippen molar-refractivity contribution in [2.75, 3.05) is 4.90 Å². The van der Waals surface area contributed by atoms with Gasteiger partial charge in [0.25, 0.3) is 0 Å². The smallest absolute Gasteiger partial charge is 0.241 e. The number of anilines is 1. The summed E-state index contributed by atoms with van der Waals surface area (Å²) >= 11 is 0. The van der Waals surface area contributed by atoms with E-state index in [4.69, 9.17) is 0 Å². The lowest BCUT2D eigenvalue weighted by atomic mass is 9.87. The first-order valence-corrected chi connectivity index (χ1v) is 15.3. The Morgan fingerprint density at radius 2 is 1.90 bits per heavy atom. The van der Waals surface area contributed by atoms with Crippen molar-refractivity contribution in [2.24, 2.45) is 7.05 Å². The average molecular weight is 575 g/mol. The van der Waals surface area contributed by atoms with Gasteiger partial charge in [0.2, 0.25) is 15.9 Å². The molecule has 0 unspecified atom stereocenters. The van der Waals surface area contributed by atoms with Crippen molar-refractivity contribution >= 4 is 21.6 Å². The number of hydrogen-bond donors (Lipinski definition) is 1. The van der Waals surface area contributed by atoms with Gasteiger partial charge in [0.1, 0.15) is 11.6 Å². The first kappa shape index (κ1) is 28.7. The molecule has 1 N–H and O–H groups in total. The second-order valence-corrected chi connectivity index (χ2v) is 12.5. The van der Waals surface area contributed by atoms with E-state index >= 15 is 0 Å². The molecule has 2 atom stereocenters. The predicted octanol–water partition coefficient (Wildman–Crippen LogP) is 5.95. The molecule has 9 heteroatoms. The largest absolute Gasteiger partial charge is 0.337 e. The highest BCUT2D eigenvalue weighted by Gasteiger charge is 2.28. The molecule has 1 aliphatic rings. The third-order valence-corrected chi connectivity index (χ3v) is 9.31. The molecule has 1 aliphatic carbocycles. The minimum atomic E-state index is -3.75. The Labute approximate surface area is 241 Å². The van der Waals surface area contributed by atoms with Gasteiger partial charge in [0, 0.05) is 37.6 Å². The topological polar surface area (TPSA) is 84.3 Å². The van der Waals surface area contributed by atoms with Crippen molar-refractivity contribution in [3.8, 4) is 0 Å². The van der Waals surface area contributed by atoms with Crippen LogP contribution in [0.25, 0.3) is 0 Å². The van der Waals surface area contributed by atoms with Crippen LogP contribution in [0.4, 0.5) is 10.1 Å². The van der Waals surface area contributed by atoms with Gasteiger partial charge in [-0.1, -0.05) is 48.9 Å². The minimum Gasteiger partial charge on any atom is -0.337 e. The molecule has 0 fully saturated rings. The van der Waals surface area contributed by atoms with Crippen LogP contribution >= 0.6 is 0 Å². The lowest BCUT2D eigenvalue weighted by Crippen LogP contribution is -2.34. The Hall–Kier alpha value is -3.82. The van der Waals surface area contributed by atoms with Crippen LogP contribution in [-0.4, -0.2) is 23.9 Å². The van der Waals surface area contributed by atoms with E-state index in [-0.39, 0.29) is 35.5 Å². The summed E-state index contributed by atoms with van der Waals surface area (Å²) in [5.74, 6) is -0.136. The zero-order chi connectivity index (χ0) is 29.1. The van der Waals surface area contributed by atoms with Gasteiger partial charge in [-0.05, 0) is 79.1 Å². The highest BCUT2D eigenvalue weighted by molar-refractivity contribution is 7.89. The van der Waals surface area contributed by atoms with E-state index in [1.165, 1.54) is 6.07 Å². The van der Waals surface area contributed by atoms with Crippen molar-refractivity contribution in [1.82, 2.24) is 14.3 Å². The van der Waals surface area contributed by atoms with Crippen molar-refractivity contribution in [1.29, 1.82) is 0 Å². The summed E-state index contributed by atoms with van der Waals surface area (Å²) in [5, 5.41) is 0. The number of rotatable bonds is 9. The molecule has 41 heavy (non-hydrogen) atoms. The number of nitrogens with one attached hydrogen (secondary N) is 1. The first-order valence-electron chi connectivity index (χ1n) is 13.8. The maximum atomic E-state index is 14.5. The second-order valence-electron chi connectivity index (χ2n) is 10.8. The summed E-state index contributed by atoms with van der Waals surface area (Å²) in [4.78, 5) is 20.1. The number of aryl methyl sites for hydroxylation is 3. The van der Waals surface area contributed by atoms with Crippen LogP contribution in [0.2, 0.25) is 0 Å². The lowest BCUT2D eigenvalue weighted by Gasteiger charge is -2.30. The fourth-order valence-corrected chi connectivity index (χ4v) is 6.67. The number of hydrogen-bond acceptors (Lipinski definition) is 4. The highest BCUT2D eigenvalue weighted by Crippen LogP contribution is 2.35. The summed E-state index contributed by atoms with van der Waals surface area (Å²) in [5.41, 5.74) is 4.05. The quantitative estimate of drug-likeness (QED) is 0.268. The highest BCUT2D eigenvalue weighted by atomic mass is 32.2. The van der Waals surface area contributed by atoms with Gasteiger partial charge in [0.15, 0.2) is 0 Å². The van der Waals surface area contributed by atoms with Crippen LogP contribution in [-0.2, 0) is 34.8 Å². The van der Waals surface area contributed by atoms with Gasteiger partial charge in [-0.15, -0.1) is 0 Å². The van der Waals surface area contributed by atoms with Crippen molar-refractivity contribution in [3.63, 3.8) is 0 Å². The standard InChI is InChI=1S/C32H35FN4O3S/c1-22-11-15-26(16-12-22)41(39,40)35-30-10-6-7-24-13-14-25(20-28(24)30)37(21-31-34-17-18-36(31)3)32(38)19-23(2)27-8-4-5-9-29(27)33/h4-5,8-9,11-18,20,23,30,35H,6-7,10,19,21H2,1-3H3/t23-,30-/m0/s1. The van der Waals surface area contributed by atoms with Crippen LogP contribution in [0.1, 0.15) is 66.2 Å². The van der Waals surface area contributed by atoms with E-state index in [0.29, 0.717) is 23.5 Å². The molecule has 0 bridgehead atoms. The number of fused-ring (bicyclic) bond motifs is 1. The molecule has 1 heterocycles. The number of halogens is 1. The van der Waals surface area contributed by atoms with Crippen LogP contribution in [0.5, 0.6) is 0 Å². The first-order chi connectivity index (χ1) is 19.6. The number of imidazole rings is 1.